The third-order valence-electron chi connectivity index (χ3n) is 1.67. The monoisotopic (exact) mass is 689 g/mol. The van der Waals surface area contributed by atoms with E-state index in [1.807, 2.05) is 0 Å². The second-order valence-corrected chi connectivity index (χ2v) is 5.75. The van der Waals surface area contributed by atoms with Crippen LogP contribution < -0.4 is 10.2 Å². The molecule has 18 heavy (non-hydrogen) atoms. The van der Waals surface area contributed by atoms with Crippen LogP contribution in [0.15, 0.2) is 17.9 Å². The molecule has 1 rings (SSSR count). The van der Waals surface area contributed by atoms with Crippen LogP contribution in [0.5, 0.6) is 0 Å². The number of carboxylic acids is 2. The molecule has 0 amide bonds. The molecule has 0 bridgehead atoms. The van der Waals surface area contributed by atoms with Crippen LogP contribution in [0.25, 0.3) is 0 Å². The Hall–Kier alpha value is 1.56. The molecule has 0 saturated carbocycles. The van der Waals surface area contributed by atoms with Crippen molar-refractivity contribution in [1.29, 1.82) is 0 Å². The van der Waals surface area contributed by atoms with Crippen molar-refractivity contribution < 1.29 is 64.6 Å². The second-order valence-electron chi connectivity index (χ2n) is 2.58. The third-order valence-corrected chi connectivity index (χ3v) is 5.91. The maximum Gasteiger partial charge on any atom is 1.00 e. The number of carbonyl (C=O) groups is 2. The van der Waals surface area contributed by atoms with Crippen LogP contribution in [0.2, 0.25) is 0 Å². The van der Waals surface area contributed by atoms with Crippen molar-refractivity contribution >= 4 is 75.7 Å². The number of hydrogen-bond acceptors (Lipinski definition) is 4. The minimum Gasteiger partial charge on any atom is -0.545 e. The Morgan fingerprint density at radius 2 is 0.833 bits per heavy atom. The van der Waals surface area contributed by atoms with Gasteiger partial charge >= 0.3 is 44.8 Å². The zero-order valence-corrected chi connectivity index (χ0v) is 17.1. The Morgan fingerprint density at radius 1 is 0.667 bits per heavy atom. The largest absolute Gasteiger partial charge is 1.00 e. The molecule has 0 radical (unpaired) electrons. The van der Waals surface area contributed by atoms with Gasteiger partial charge in [0.15, 0.2) is 0 Å². The molecular formula is C8Ag2Br4O4. The van der Waals surface area contributed by atoms with Crippen molar-refractivity contribution in [3.8, 4) is 0 Å². The maximum absolute atomic E-state index is 10.9. The minimum absolute atomic E-state index is 0. The smallest absolute Gasteiger partial charge is 0.545 e. The summed E-state index contributed by atoms with van der Waals surface area (Å²) < 4.78 is 0.284. The van der Waals surface area contributed by atoms with E-state index >= 15 is 0 Å². The van der Waals surface area contributed by atoms with Gasteiger partial charge in [0.1, 0.15) is 0 Å². The molecule has 0 N–H and O–H groups in total. The van der Waals surface area contributed by atoms with Gasteiger partial charge in [0, 0.05) is 29.0 Å². The van der Waals surface area contributed by atoms with Gasteiger partial charge in [0.05, 0.1) is 11.9 Å². The first-order chi connectivity index (χ1) is 7.29. The minimum atomic E-state index is -1.44. The summed E-state index contributed by atoms with van der Waals surface area (Å²) in [5.41, 5.74) is -0.382. The summed E-state index contributed by atoms with van der Waals surface area (Å²) >= 11 is 11.9. The van der Waals surface area contributed by atoms with E-state index in [1.165, 1.54) is 0 Å². The predicted octanol–water partition coefficient (Wildman–Crippen LogP) is 1.46. The Bertz CT molecular complexity index is 432. The standard InChI is InChI=1S/C8H2Br4O4.2Ag/c9-3-1(7(13)14)4(10)6(12)2(5(3)11)8(15)16;;/h(H,13,14)(H,15,16);;/q;2*+1/p-2. The molecule has 0 aliphatic heterocycles. The Labute approximate surface area is 167 Å². The zero-order chi connectivity index (χ0) is 12.6. The van der Waals surface area contributed by atoms with Crippen LogP contribution in [-0.4, -0.2) is 11.9 Å². The number of carbonyl (C=O) groups excluding carboxylic acids is 2. The quantitative estimate of drug-likeness (QED) is 0.347. The Balaban J connectivity index is 0. The molecule has 0 fully saturated rings. The number of benzene rings is 1. The summed E-state index contributed by atoms with van der Waals surface area (Å²) in [6.45, 7) is 0. The van der Waals surface area contributed by atoms with E-state index in [0.717, 1.165) is 0 Å². The van der Waals surface area contributed by atoms with Gasteiger partial charge in [-0.2, -0.15) is 0 Å². The molecular weight excluding hydrogens is 695 g/mol. The molecule has 0 aromatic heterocycles. The number of halogens is 4. The fraction of sp³-hybridized carbons (Fsp3) is 0. The van der Waals surface area contributed by atoms with Crippen LogP contribution in [0, 0.1) is 0 Å². The summed E-state index contributed by atoms with van der Waals surface area (Å²) in [5, 5.41) is 21.7. The molecule has 4 nitrogen and oxygen atoms in total. The molecule has 0 unspecified atom stereocenters. The summed E-state index contributed by atoms with van der Waals surface area (Å²) in [6, 6.07) is 0. The topological polar surface area (TPSA) is 80.3 Å². The van der Waals surface area contributed by atoms with Gasteiger partial charge in [-0.05, 0) is 63.7 Å². The van der Waals surface area contributed by atoms with E-state index in [4.69, 9.17) is 0 Å². The average molecular weight is 695 g/mol. The molecule has 0 aliphatic carbocycles. The summed E-state index contributed by atoms with van der Waals surface area (Å²) in [4.78, 5) is 21.7. The molecule has 0 aliphatic rings. The van der Waals surface area contributed by atoms with Gasteiger partial charge in [-0.3, -0.25) is 0 Å². The van der Waals surface area contributed by atoms with Crippen LogP contribution in [0.3, 0.4) is 0 Å². The van der Waals surface area contributed by atoms with Crippen LogP contribution in [-0.2, 0) is 44.8 Å². The number of aromatic carboxylic acids is 2. The molecule has 0 heterocycles. The van der Waals surface area contributed by atoms with E-state index < -0.39 is 11.9 Å². The van der Waals surface area contributed by atoms with Gasteiger partial charge in [0.25, 0.3) is 0 Å². The first-order valence-electron chi connectivity index (χ1n) is 3.57. The van der Waals surface area contributed by atoms with Crippen molar-refractivity contribution in [2.45, 2.75) is 0 Å². The second kappa shape index (κ2) is 8.76. The van der Waals surface area contributed by atoms with Gasteiger partial charge in [-0.25, -0.2) is 0 Å². The normalized spacial score (nSPS) is 9.11. The maximum atomic E-state index is 10.9. The third kappa shape index (κ3) is 4.28. The molecule has 106 valence electrons. The summed E-state index contributed by atoms with van der Waals surface area (Å²) in [7, 11) is 0. The molecule has 10 heteroatoms. The Kier molecular flexibility index (Phi) is 10.6. The molecule has 1 aromatic carbocycles. The van der Waals surface area contributed by atoms with Crippen molar-refractivity contribution in [3.63, 3.8) is 0 Å². The van der Waals surface area contributed by atoms with Gasteiger partial charge < -0.3 is 19.8 Å². The van der Waals surface area contributed by atoms with Crippen molar-refractivity contribution in [3.05, 3.63) is 29.0 Å². The SMILES string of the molecule is O=C([O-])c1c(Br)c(Br)c(C(=O)[O-])c(Br)c1Br.[Ag+].[Ag+]. The number of carboxylic acid groups (broad SMARTS) is 2. The molecule has 0 spiro atoms. The van der Waals surface area contributed by atoms with Crippen LogP contribution in [0.4, 0.5) is 0 Å². The molecule has 0 atom stereocenters. The zero-order valence-electron chi connectivity index (χ0n) is 7.75. The summed E-state index contributed by atoms with van der Waals surface area (Å²) in [6.07, 6.45) is 0. The van der Waals surface area contributed by atoms with Crippen LogP contribution in [0.1, 0.15) is 20.7 Å². The van der Waals surface area contributed by atoms with E-state index in [0.29, 0.717) is 0 Å². The van der Waals surface area contributed by atoms with E-state index in [9.17, 15) is 19.8 Å². The van der Waals surface area contributed by atoms with Gasteiger partial charge in [0.2, 0.25) is 0 Å². The van der Waals surface area contributed by atoms with Crippen LogP contribution >= 0.6 is 63.7 Å². The summed E-state index contributed by atoms with van der Waals surface area (Å²) in [5.74, 6) is -2.88. The van der Waals surface area contributed by atoms with E-state index in [-0.39, 0.29) is 73.8 Å². The Morgan fingerprint density at radius 3 is 0.944 bits per heavy atom. The predicted molar refractivity (Wildman–Crippen MR) is 65.9 cm³/mol. The fourth-order valence-electron chi connectivity index (χ4n) is 0.990. The van der Waals surface area contributed by atoms with Gasteiger partial charge in [-0.1, -0.05) is 0 Å². The fourth-order valence-corrected chi connectivity index (χ4v) is 3.76. The average Bonchev–Trinajstić information content (AvgIpc) is 2.14. The first kappa shape index (κ1) is 21.9. The molecule has 1 aromatic rings. The van der Waals surface area contributed by atoms with Crippen molar-refractivity contribution in [2.75, 3.05) is 0 Å². The van der Waals surface area contributed by atoms with E-state index in [2.05, 4.69) is 63.7 Å². The van der Waals surface area contributed by atoms with Gasteiger partial charge in [-0.15, -0.1) is 0 Å². The number of rotatable bonds is 2. The van der Waals surface area contributed by atoms with Crippen molar-refractivity contribution in [1.82, 2.24) is 0 Å². The first-order valence-corrected chi connectivity index (χ1v) is 6.74. The molecule has 0 saturated heterocycles. The number of hydrogen-bond donors (Lipinski definition) is 0. The van der Waals surface area contributed by atoms with Crippen molar-refractivity contribution in [2.24, 2.45) is 0 Å². The van der Waals surface area contributed by atoms with E-state index in [1.54, 1.807) is 0 Å².